The normalized spacial score (nSPS) is 21.8. The number of nitrogens with zero attached hydrogens (tertiary/aromatic N) is 3. The number of hydrogen-bond donors (Lipinski definition) is 2. The number of halogens is 1. The van der Waals surface area contributed by atoms with E-state index in [0.29, 0.717) is 30.9 Å². The smallest absolute Gasteiger partial charge is 0.248 e. The highest BCUT2D eigenvalue weighted by molar-refractivity contribution is 14.0. The summed E-state index contributed by atoms with van der Waals surface area (Å²) >= 11 is 0. The van der Waals surface area contributed by atoms with Crippen molar-refractivity contribution in [2.75, 3.05) is 13.2 Å². The highest BCUT2D eigenvalue weighted by atomic mass is 127. The Morgan fingerprint density at radius 2 is 2.15 bits per heavy atom. The maximum Gasteiger partial charge on any atom is 0.248 e. The Kier molecular flexibility index (Phi) is 11.1. The Balaban J connectivity index is 0.00000338. The molecule has 0 radical (unpaired) electrons. The van der Waals surface area contributed by atoms with Crippen LogP contribution in [0.4, 0.5) is 0 Å². The Morgan fingerprint density at radius 1 is 1.35 bits per heavy atom. The first-order valence-corrected chi connectivity index (χ1v) is 9.65. The van der Waals surface area contributed by atoms with Gasteiger partial charge >= 0.3 is 0 Å². The average Bonchev–Trinajstić information content (AvgIpc) is 3.09. The highest BCUT2D eigenvalue weighted by Crippen LogP contribution is 2.26. The largest absolute Gasteiger partial charge is 0.371 e. The number of aliphatic imine (C=N–C) groups is 1. The molecule has 0 aromatic carbocycles. The number of guanidine groups is 1. The molecule has 3 unspecified atom stereocenters. The third kappa shape index (κ3) is 7.38. The van der Waals surface area contributed by atoms with Gasteiger partial charge in [0.2, 0.25) is 5.89 Å². The molecule has 1 aliphatic carbocycles. The third-order valence-electron chi connectivity index (χ3n) is 4.68. The fourth-order valence-electron chi connectivity index (χ4n) is 3.27. The molecule has 0 spiro atoms. The van der Waals surface area contributed by atoms with Crippen molar-refractivity contribution in [3.63, 3.8) is 0 Å². The van der Waals surface area contributed by atoms with Gasteiger partial charge in [0.25, 0.3) is 0 Å². The van der Waals surface area contributed by atoms with Crippen molar-refractivity contribution in [1.29, 1.82) is 0 Å². The van der Waals surface area contributed by atoms with Crippen LogP contribution in [0, 0.1) is 5.92 Å². The van der Waals surface area contributed by atoms with Crippen LogP contribution >= 0.6 is 24.0 Å². The second-order valence-corrected chi connectivity index (χ2v) is 6.62. The zero-order valence-corrected chi connectivity index (χ0v) is 18.8. The SMILES string of the molecule is CCNC(=NCc1nc(C(C)OCC)no1)NC1CCCC(CC)C1.I. The summed E-state index contributed by atoms with van der Waals surface area (Å²) in [5.41, 5.74) is 0. The summed E-state index contributed by atoms with van der Waals surface area (Å²) in [6.45, 7) is 10.0. The molecular formula is C18H34IN5O2. The fourth-order valence-corrected chi connectivity index (χ4v) is 3.27. The number of nitrogens with one attached hydrogen (secondary N) is 2. The van der Waals surface area contributed by atoms with Crippen molar-refractivity contribution in [3.8, 4) is 0 Å². The Morgan fingerprint density at radius 3 is 2.85 bits per heavy atom. The predicted octanol–water partition coefficient (Wildman–Crippen LogP) is 3.81. The minimum atomic E-state index is -0.161. The van der Waals surface area contributed by atoms with Gasteiger partial charge in [0, 0.05) is 19.2 Å². The van der Waals surface area contributed by atoms with Gasteiger partial charge in [-0.05, 0) is 39.5 Å². The van der Waals surface area contributed by atoms with Crippen LogP contribution in [0.1, 0.15) is 77.6 Å². The maximum absolute atomic E-state index is 5.48. The van der Waals surface area contributed by atoms with Crippen LogP contribution in [0.3, 0.4) is 0 Å². The highest BCUT2D eigenvalue weighted by Gasteiger charge is 2.21. The molecule has 2 N–H and O–H groups in total. The van der Waals surface area contributed by atoms with Crippen LogP contribution in [0.2, 0.25) is 0 Å². The van der Waals surface area contributed by atoms with Crippen molar-refractivity contribution in [2.24, 2.45) is 10.9 Å². The number of hydrogen-bond acceptors (Lipinski definition) is 5. The van der Waals surface area contributed by atoms with E-state index in [-0.39, 0.29) is 30.1 Å². The number of rotatable bonds is 8. The maximum atomic E-state index is 5.48. The number of ether oxygens (including phenoxy) is 1. The van der Waals surface area contributed by atoms with Crippen molar-refractivity contribution >= 4 is 29.9 Å². The van der Waals surface area contributed by atoms with Gasteiger partial charge in [-0.1, -0.05) is 31.3 Å². The molecule has 0 amide bonds. The minimum Gasteiger partial charge on any atom is -0.371 e. The molecule has 150 valence electrons. The third-order valence-corrected chi connectivity index (χ3v) is 4.68. The van der Waals surface area contributed by atoms with E-state index < -0.39 is 0 Å². The summed E-state index contributed by atoms with van der Waals surface area (Å²) in [5.74, 6) is 2.73. The van der Waals surface area contributed by atoms with Crippen LogP contribution < -0.4 is 10.6 Å². The van der Waals surface area contributed by atoms with Crippen LogP contribution in [-0.4, -0.2) is 35.3 Å². The molecule has 1 aliphatic rings. The Hall–Kier alpha value is -0.900. The van der Waals surface area contributed by atoms with Gasteiger partial charge in [-0.25, -0.2) is 4.99 Å². The lowest BCUT2D eigenvalue weighted by molar-refractivity contribution is 0.0683. The van der Waals surface area contributed by atoms with Crippen LogP contribution in [0.5, 0.6) is 0 Å². The predicted molar refractivity (Wildman–Crippen MR) is 114 cm³/mol. The molecule has 1 aromatic heterocycles. The topological polar surface area (TPSA) is 84.6 Å². The lowest BCUT2D eigenvalue weighted by Gasteiger charge is -2.30. The zero-order valence-electron chi connectivity index (χ0n) is 16.5. The van der Waals surface area contributed by atoms with Gasteiger partial charge in [0.05, 0.1) is 0 Å². The van der Waals surface area contributed by atoms with E-state index in [2.05, 4.69) is 39.6 Å². The van der Waals surface area contributed by atoms with Gasteiger partial charge < -0.3 is 19.9 Å². The van der Waals surface area contributed by atoms with E-state index in [9.17, 15) is 0 Å². The molecule has 1 saturated carbocycles. The van der Waals surface area contributed by atoms with Crippen molar-refractivity contribution < 1.29 is 9.26 Å². The van der Waals surface area contributed by atoms with E-state index in [0.717, 1.165) is 18.4 Å². The lowest BCUT2D eigenvalue weighted by Crippen LogP contribution is -2.45. The van der Waals surface area contributed by atoms with Crippen molar-refractivity contribution in [3.05, 3.63) is 11.7 Å². The molecule has 8 heteroatoms. The zero-order chi connectivity index (χ0) is 18.1. The quantitative estimate of drug-likeness (QED) is 0.335. The summed E-state index contributed by atoms with van der Waals surface area (Å²) in [4.78, 5) is 8.97. The second-order valence-electron chi connectivity index (χ2n) is 6.62. The molecule has 1 aromatic rings. The molecule has 1 fully saturated rings. The second kappa shape index (κ2) is 12.5. The van der Waals surface area contributed by atoms with E-state index in [1.54, 1.807) is 0 Å². The summed E-state index contributed by atoms with van der Waals surface area (Å²) < 4.78 is 10.8. The molecule has 2 rings (SSSR count). The van der Waals surface area contributed by atoms with E-state index in [1.807, 2.05) is 13.8 Å². The van der Waals surface area contributed by atoms with Crippen LogP contribution in [0.25, 0.3) is 0 Å². The standard InChI is InChI=1S/C18H33N5O2.HI/c1-5-14-9-8-10-15(11-14)21-18(19-6-2)20-12-16-22-17(23-25-16)13(4)24-7-3;/h13-15H,5-12H2,1-4H3,(H2,19,20,21);1H. The van der Waals surface area contributed by atoms with Gasteiger partial charge in [-0.2, -0.15) is 4.98 Å². The van der Waals surface area contributed by atoms with E-state index in [4.69, 9.17) is 9.26 Å². The summed E-state index contributed by atoms with van der Waals surface area (Å²) in [5, 5.41) is 10.8. The molecule has 0 saturated heterocycles. The molecule has 26 heavy (non-hydrogen) atoms. The summed E-state index contributed by atoms with van der Waals surface area (Å²) in [6.07, 6.45) is 6.17. The summed E-state index contributed by atoms with van der Waals surface area (Å²) in [7, 11) is 0. The number of aromatic nitrogens is 2. The van der Waals surface area contributed by atoms with Gasteiger partial charge in [0.15, 0.2) is 11.8 Å². The monoisotopic (exact) mass is 479 g/mol. The van der Waals surface area contributed by atoms with Gasteiger partial charge in [-0.3, -0.25) is 0 Å². The lowest BCUT2D eigenvalue weighted by atomic mass is 9.84. The Labute approximate surface area is 174 Å². The molecule has 7 nitrogen and oxygen atoms in total. The first kappa shape index (κ1) is 23.1. The molecule has 0 bridgehead atoms. The average molecular weight is 479 g/mol. The molecule has 1 heterocycles. The van der Waals surface area contributed by atoms with E-state index in [1.165, 1.54) is 32.1 Å². The first-order valence-electron chi connectivity index (χ1n) is 9.65. The van der Waals surface area contributed by atoms with Gasteiger partial charge in [-0.15, -0.1) is 24.0 Å². The minimum absolute atomic E-state index is 0. The first-order chi connectivity index (χ1) is 12.2. The molecule has 3 atom stereocenters. The fraction of sp³-hybridized carbons (Fsp3) is 0.833. The van der Waals surface area contributed by atoms with Crippen molar-refractivity contribution in [2.45, 2.75) is 78.5 Å². The van der Waals surface area contributed by atoms with Gasteiger partial charge in [0.1, 0.15) is 12.6 Å². The molecule has 0 aliphatic heterocycles. The summed E-state index contributed by atoms with van der Waals surface area (Å²) in [6, 6.07) is 0.493. The van der Waals surface area contributed by atoms with Crippen LogP contribution in [-0.2, 0) is 11.3 Å². The molecular weight excluding hydrogens is 445 g/mol. The van der Waals surface area contributed by atoms with E-state index >= 15 is 0 Å². The van der Waals surface area contributed by atoms with Crippen molar-refractivity contribution in [1.82, 2.24) is 20.8 Å². The van der Waals surface area contributed by atoms with Crippen LogP contribution in [0.15, 0.2) is 9.52 Å². The Bertz CT molecular complexity index is 537.